The van der Waals surface area contributed by atoms with Gasteiger partial charge in [-0.25, -0.2) is 0 Å². The number of hydrogen-bond donors (Lipinski definition) is 0. The molecule has 6 aromatic carbocycles. The normalized spacial score (nSPS) is 10.9. The van der Waals surface area contributed by atoms with E-state index in [0.717, 1.165) is 58.1 Å². The molecule has 1 nitrogen and oxygen atoms in total. The predicted octanol–water partition coefficient (Wildman–Crippen LogP) is 12.8. The molecule has 0 atom stereocenters. The number of benzene rings is 6. The fourth-order valence-electron chi connectivity index (χ4n) is 4.91. The van der Waals surface area contributed by atoms with Crippen molar-refractivity contribution in [1.82, 2.24) is 0 Å². The molecule has 0 bridgehead atoms. The molecule has 5 heteroatoms. The van der Waals surface area contributed by atoms with Gasteiger partial charge in [0.1, 0.15) is 0 Å². The molecule has 0 unspecified atom stereocenters. The van der Waals surface area contributed by atoms with E-state index >= 15 is 0 Å². The molecular formula is C36H24Br2ClNS. The van der Waals surface area contributed by atoms with Crippen molar-refractivity contribution < 1.29 is 0 Å². The Labute approximate surface area is 267 Å². The van der Waals surface area contributed by atoms with Gasteiger partial charge in [0.15, 0.2) is 0 Å². The molecule has 0 saturated heterocycles. The van der Waals surface area contributed by atoms with Crippen LogP contribution in [0.4, 0.5) is 17.1 Å². The predicted molar refractivity (Wildman–Crippen MR) is 183 cm³/mol. The fourth-order valence-corrected chi connectivity index (χ4v) is 7.11. The third kappa shape index (κ3) is 6.47. The average Bonchev–Trinajstić information content (AvgIpc) is 2.98. The Morgan fingerprint density at radius 1 is 0.488 bits per heavy atom. The maximum atomic E-state index is 6.85. The maximum absolute atomic E-state index is 6.85. The van der Waals surface area contributed by atoms with Crippen LogP contribution in [0.3, 0.4) is 0 Å². The highest BCUT2D eigenvalue weighted by Gasteiger charge is 2.22. The van der Waals surface area contributed by atoms with Gasteiger partial charge in [0.25, 0.3) is 0 Å². The summed E-state index contributed by atoms with van der Waals surface area (Å²) in [5.74, 6) is 0. The third-order valence-corrected chi connectivity index (χ3v) is 8.81. The van der Waals surface area contributed by atoms with Crippen LogP contribution in [0.5, 0.6) is 0 Å². The van der Waals surface area contributed by atoms with Gasteiger partial charge in [-0.3, -0.25) is 0 Å². The van der Waals surface area contributed by atoms with Crippen molar-refractivity contribution in [3.8, 4) is 22.3 Å². The van der Waals surface area contributed by atoms with Gasteiger partial charge in [-0.2, -0.15) is 0 Å². The van der Waals surface area contributed by atoms with Gasteiger partial charge in [0, 0.05) is 46.3 Å². The molecular weight excluding hydrogens is 674 g/mol. The first kappa shape index (κ1) is 27.9. The second-order valence-corrected chi connectivity index (χ2v) is 12.9. The van der Waals surface area contributed by atoms with E-state index in [0.29, 0.717) is 5.02 Å². The van der Waals surface area contributed by atoms with Gasteiger partial charge < -0.3 is 4.90 Å². The molecule has 0 aliphatic rings. The maximum Gasteiger partial charge on any atom is 0.0618 e. The molecule has 0 aliphatic carbocycles. The van der Waals surface area contributed by atoms with Crippen LogP contribution in [-0.4, -0.2) is 0 Å². The molecule has 41 heavy (non-hydrogen) atoms. The monoisotopic (exact) mass is 695 g/mol. The van der Waals surface area contributed by atoms with Crippen LogP contribution in [0.25, 0.3) is 22.3 Å². The molecule has 0 heterocycles. The number of rotatable bonds is 7. The number of para-hydroxylation sites is 1. The lowest BCUT2D eigenvalue weighted by Crippen LogP contribution is -2.13. The molecule has 0 radical (unpaired) electrons. The van der Waals surface area contributed by atoms with Gasteiger partial charge in [-0.05, 0) is 65.7 Å². The zero-order chi connectivity index (χ0) is 28.2. The van der Waals surface area contributed by atoms with Crippen molar-refractivity contribution in [2.45, 2.75) is 9.79 Å². The van der Waals surface area contributed by atoms with E-state index in [1.54, 1.807) is 11.8 Å². The Bertz CT molecular complexity index is 1750. The minimum absolute atomic E-state index is 0.679. The van der Waals surface area contributed by atoms with Crippen LogP contribution < -0.4 is 4.90 Å². The first-order valence-electron chi connectivity index (χ1n) is 13.1. The van der Waals surface area contributed by atoms with Crippen LogP contribution in [0.15, 0.2) is 164 Å². The molecule has 0 fully saturated rings. The highest BCUT2D eigenvalue weighted by Crippen LogP contribution is 2.48. The molecule has 6 rings (SSSR count). The van der Waals surface area contributed by atoms with Gasteiger partial charge in [-0.15, -0.1) is 0 Å². The van der Waals surface area contributed by atoms with Crippen LogP contribution >= 0.6 is 55.2 Å². The lowest BCUT2D eigenvalue weighted by atomic mass is 9.94. The van der Waals surface area contributed by atoms with Crippen molar-refractivity contribution in [2.75, 3.05) is 4.90 Å². The summed E-state index contributed by atoms with van der Waals surface area (Å²) in [6.07, 6.45) is 0. The SMILES string of the molecule is Clc1cc(Sc2cccc(Br)c2)cc(N(c2cccc(Br)c2)c2c(-c3ccccc3)cccc2-c2ccccc2)c1. The highest BCUT2D eigenvalue weighted by atomic mass is 79.9. The van der Waals surface area contributed by atoms with Crippen molar-refractivity contribution in [1.29, 1.82) is 0 Å². The first-order valence-corrected chi connectivity index (χ1v) is 15.9. The Morgan fingerprint density at radius 2 is 1.07 bits per heavy atom. The summed E-state index contributed by atoms with van der Waals surface area (Å²) in [5.41, 5.74) is 7.65. The number of anilines is 3. The Kier molecular flexibility index (Phi) is 8.64. The quantitative estimate of drug-likeness (QED) is 0.163. The van der Waals surface area contributed by atoms with Crippen molar-refractivity contribution >= 4 is 72.3 Å². The van der Waals surface area contributed by atoms with Crippen LogP contribution in [0.1, 0.15) is 0 Å². The second kappa shape index (κ2) is 12.7. The number of hydrogen-bond acceptors (Lipinski definition) is 2. The standard InChI is InChI=1S/C36H24Br2ClNS/c37-27-14-7-16-30(20-27)40(31-22-29(39)23-33(24-31)41-32-17-8-15-28(38)21-32)36-34(25-10-3-1-4-11-25)18-9-19-35(36)26-12-5-2-6-13-26/h1-24H. The molecule has 0 saturated carbocycles. The zero-order valence-electron chi connectivity index (χ0n) is 21.8. The van der Waals surface area contributed by atoms with Gasteiger partial charge in [0.2, 0.25) is 0 Å². The van der Waals surface area contributed by atoms with Crippen LogP contribution in [0, 0.1) is 0 Å². The summed E-state index contributed by atoms with van der Waals surface area (Å²) in [6.45, 7) is 0. The molecule has 200 valence electrons. The van der Waals surface area contributed by atoms with E-state index in [2.05, 4.69) is 158 Å². The van der Waals surface area contributed by atoms with E-state index < -0.39 is 0 Å². The van der Waals surface area contributed by atoms with Crippen LogP contribution in [-0.2, 0) is 0 Å². The molecule has 6 aromatic rings. The summed E-state index contributed by atoms with van der Waals surface area (Å²) >= 11 is 15.9. The van der Waals surface area contributed by atoms with Gasteiger partial charge in [-0.1, -0.05) is 146 Å². The largest absolute Gasteiger partial charge is 0.309 e. The van der Waals surface area contributed by atoms with Gasteiger partial charge in [0.05, 0.1) is 5.69 Å². The summed E-state index contributed by atoms with van der Waals surface area (Å²) in [4.78, 5) is 4.52. The minimum Gasteiger partial charge on any atom is -0.309 e. The number of halogens is 3. The van der Waals surface area contributed by atoms with E-state index in [-0.39, 0.29) is 0 Å². The molecule has 0 aromatic heterocycles. The third-order valence-electron chi connectivity index (χ3n) is 6.64. The van der Waals surface area contributed by atoms with Crippen molar-refractivity contribution in [3.63, 3.8) is 0 Å². The summed E-state index contributed by atoms with van der Waals surface area (Å²) in [5, 5.41) is 0.679. The summed E-state index contributed by atoms with van der Waals surface area (Å²) in [6, 6.07) is 50.7. The smallest absolute Gasteiger partial charge is 0.0618 e. The van der Waals surface area contributed by atoms with Crippen LogP contribution in [0.2, 0.25) is 5.02 Å². The fraction of sp³-hybridized carbons (Fsp3) is 0. The molecule has 0 aliphatic heterocycles. The average molecular weight is 698 g/mol. The van der Waals surface area contributed by atoms with E-state index in [1.165, 1.54) is 0 Å². The lowest BCUT2D eigenvalue weighted by Gasteiger charge is -2.31. The second-order valence-electron chi connectivity index (χ2n) is 9.45. The summed E-state index contributed by atoms with van der Waals surface area (Å²) < 4.78 is 2.05. The molecule has 0 spiro atoms. The van der Waals surface area contributed by atoms with E-state index in [4.69, 9.17) is 11.6 Å². The van der Waals surface area contributed by atoms with E-state index in [1.807, 2.05) is 24.3 Å². The van der Waals surface area contributed by atoms with Gasteiger partial charge >= 0.3 is 0 Å². The summed E-state index contributed by atoms with van der Waals surface area (Å²) in [7, 11) is 0. The number of nitrogens with zero attached hydrogens (tertiary/aromatic N) is 1. The van der Waals surface area contributed by atoms with E-state index in [9.17, 15) is 0 Å². The minimum atomic E-state index is 0.679. The van der Waals surface area contributed by atoms with Crippen molar-refractivity contribution in [3.05, 3.63) is 160 Å². The Balaban J connectivity index is 1.62. The lowest BCUT2D eigenvalue weighted by molar-refractivity contribution is 1.26. The zero-order valence-corrected chi connectivity index (χ0v) is 26.6. The van der Waals surface area contributed by atoms with Crippen molar-refractivity contribution in [2.24, 2.45) is 0 Å². The highest BCUT2D eigenvalue weighted by molar-refractivity contribution is 9.10. The topological polar surface area (TPSA) is 3.24 Å². The first-order chi connectivity index (χ1) is 20.0. The Hall–Kier alpha value is -3.28. The molecule has 0 N–H and O–H groups in total. The molecule has 0 amide bonds. The Morgan fingerprint density at radius 3 is 1.68 bits per heavy atom.